The van der Waals surface area contributed by atoms with Gasteiger partial charge in [-0.3, -0.25) is 0 Å². The van der Waals surface area contributed by atoms with Crippen LogP contribution in [0.1, 0.15) is 33.3 Å². The van der Waals surface area contributed by atoms with Gasteiger partial charge in [0.15, 0.2) is 0 Å². The van der Waals surface area contributed by atoms with E-state index in [9.17, 15) is 0 Å². The molecule has 4 nitrogen and oxygen atoms in total. The molecule has 0 saturated carbocycles. The molecule has 21 heavy (non-hydrogen) atoms. The molecule has 110 valence electrons. The molecule has 1 aliphatic rings. The van der Waals surface area contributed by atoms with E-state index in [1.807, 2.05) is 44.6 Å². The predicted octanol–water partition coefficient (Wildman–Crippen LogP) is 2.48. The Bertz CT molecular complexity index is 631. The minimum absolute atomic E-state index is 0.342. The first-order chi connectivity index (χ1) is 9.78. The van der Waals surface area contributed by atoms with Crippen LogP contribution in [0, 0.1) is 6.92 Å². The highest BCUT2D eigenvalue weighted by atomic mass is 16.7. The van der Waals surface area contributed by atoms with Crippen molar-refractivity contribution in [2.45, 2.75) is 45.8 Å². The fourth-order valence-corrected chi connectivity index (χ4v) is 2.27. The van der Waals surface area contributed by atoms with Gasteiger partial charge in [-0.15, -0.1) is 0 Å². The van der Waals surface area contributed by atoms with Crippen LogP contribution in [0.2, 0.25) is 0 Å². The van der Waals surface area contributed by atoms with Gasteiger partial charge in [-0.25, -0.2) is 4.68 Å². The average molecular weight is 284 g/mol. The van der Waals surface area contributed by atoms with Crippen molar-refractivity contribution in [1.29, 1.82) is 0 Å². The van der Waals surface area contributed by atoms with Gasteiger partial charge in [0.05, 0.1) is 22.5 Å². The maximum absolute atomic E-state index is 6.02. The number of nitrogens with zero attached hydrogens (tertiary/aromatic N) is 2. The molecule has 0 spiro atoms. The lowest BCUT2D eigenvalue weighted by molar-refractivity contribution is 0.00578. The standard InChI is InChI=1S/C16H21BN2O2/c1-12-6-8-13(9-7-12)19-11-10-14(18-19)17-20-15(2,3)16(4,5)21-17/h6-11H,1-5H3. The lowest BCUT2D eigenvalue weighted by atomic mass is 9.85. The van der Waals surface area contributed by atoms with Crippen molar-refractivity contribution in [2.75, 3.05) is 0 Å². The molecule has 5 heteroatoms. The number of benzene rings is 1. The Balaban J connectivity index is 1.85. The zero-order valence-corrected chi connectivity index (χ0v) is 13.3. The third kappa shape index (κ3) is 2.52. The Morgan fingerprint density at radius 2 is 1.52 bits per heavy atom. The highest BCUT2D eigenvalue weighted by molar-refractivity contribution is 6.61. The summed E-state index contributed by atoms with van der Waals surface area (Å²) in [6.45, 7) is 10.3. The second-order valence-electron chi connectivity index (χ2n) is 6.61. The van der Waals surface area contributed by atoms with Crippen molar-refractivity contribution in [3.05, 3.63) is 42.1 Å². The van der Waals surface area contributed by atoms with E-state index in [2.05, 4.69) is 36.3 Å². The van der Waals surface area contributed by atoms with E-state index in [0.717, 1.165) is 11.3 Å². The van der Waals surface area contributed by atoms with Crippen LogP contribution in [0.5, 0.6) is 0 Å². The topological polar surface area (TPSA) is 36.3 Å². The van der Waals surface area contributed by atoms with Gasteiger partial charge in [0.25, 0.3) is 0 Å². The lowest BCUT2D eigenvalue weighted by Gasteiger charge is -2.32. The third-order valence-corrected chi connectivity index (χ3v) is 4.40. The Hall–Kier alpha value is -1.59. The van der Waals surface area contributed by atoms with Gasteiger partial charge in [-0.1, -0.05) is 17.7 Å². The van der Waals surface area contributed by atoms with Gasteiger partial charge in [0, 0.05) is 6.20 Å². The minimum atomic E-state index is -0.415. The Morgan fingerprint density at radius 3 is 2.10 bits per heavy atom. The van der Waals surface area contributed by atoms with E-state index in [4.69, 9.17) is 9.31 Å². The molecular formula is C16H21BN2O2. The summed E-state index contributed by atoms with van der Waals surface area (Å²) in [5.41, 5.74) is 2.38. The van der Waals surface area contributed by atoms with Gasteiger partial charge in [0.2, 0.25) is 0 Å². The molecule has 1 fully saturated rings. The Kier molecular flexibility index (Phi) is 3.22. The molecule has 0 aliphatic carbocycles. The molecule has 3 rings (SSSR count). The Morgan fingerprint density at radius 1 is 0.952 bits per heavy atom. The molecule has 0 N–H and O–H groups in total. The van der Waals surface area contributed by atoms with E-state index >= 15 is 0 Å². The quantitative estimate of drug-likeness (QED) is 0.795. The van der Waals surface area contributed by atoms with Gasteiger partial charge in [-0.2, -0.15) is 5.10 Å². The summed E-state index contributed by atoms with van der Waals surface area (Å²) in [5.74, 6) is 0. The molecule has 2 aromatic rings. The first-order valence-corrected chi connectivity index (χ1v) is 7.27. The number of rotatable bonds is 2. The van der Waals surface area contributed by atoms with Crippen molar-refractivity contribution in [3.8, 4) is 5.69 Å². The van der Waals surface area contributed by atoms with Crippen molar-refractivity contribution < 1.29 is 9.31 Å². The molecule has 1 aromatic carbocycles. The van der Waals surface area contributed by atoms with E-state index in [0.29, 0.717) is 0 Å². The second-order valence-corrected chi connectivity index (χ2v) is 6.61. The van der Waals surface area contributed by atoms with Gasteiger partial charge in [0.1, 0.15) is 0 Å². The van der Waals surface area contributed by atoms with Crippen LogP contribution >= 0.6 is 0 Å². The number of aromatic nitrogens is 2. The molecule has 1 aromatic heterocycles. The second kappa shape index (κ2) is 4.72. The number of hydrogen-bond acceptors (Lipinski definition) is 3. The van der Waals surface area contributed by atoms with Crippen LogP contribution in [-0.2, 0) is 9.31 Å². The molecule has 2 heterocycles. The SMILES string of the molecule is Cc1ccc(-n2ccc(B3OC(C)(C)C(C)(C)O3)n2)cc1. The summed E-state index contributed by atoms with van der Waals surface area (Å²) < 4.78 is 13.9. The van der Waals surface area contributed by atoms with Crippen molar-refractivity contribution in [3.63, 3.8) is 0 Å². The van der Waals surface area contributed by atoms with Gasteiger partial charge in [-0.05, 0) is 52.8 Å². The van der Waals surface area contributed by atoms with E-state index in [1.54, 1.807) is 0 Å². The highest BCUT2D eigenvalue weighted by Crippen LogP contribution is 2.36. The number of hydrogen-bond donors (Lipinski definition) is 0. The normalized spacial score (nSPS) is 20.0. The van der Waals surface area contributed by atoms with Crippen LogP contribution in [0.3, 0.4) is 0 Å². The molecule has 0 unspecified atom stereocenters. The largest absolute Gasteiger partial charge is 0.516 e. The van der Waals surface area contributed by atoms with Crippen molar-refractivity contribution in [1.82, 2.24) is 9.78 Å². The average Bonchev–Trinajstić information content (AvgIpc) is 2.94. The molecule has 0 bridgehead atoms. The molecule has 1 saturated heterocycles. The first-order valence-electron chi connectivity index (χ1n) is 7.27. The number of aryl methyl sites for hydroxylation is 1. The maximum atomic E-state index is 6.02. The predicted molar refractivity (Wildman–Crippen MR) is 84.0 cm³/mol. The summed E-state index contributed by atoms with van der Waals surface area (Å²) in [6.07, 6.45) is 1.94. The molecule has 0 atom stereocenters. The third-order valence-electron chi connectivity index (χ3n) is 4.40. The van der Waals surface area contributed by atoms with Crippen LogP contribution in [-0.4, -0.2) is 28.1 Å². The van der Waals surface area contributed by atoms with Crippen molar-refractivity contribution in [2.24, 2.45) is 0 Å². The van der Waals surface area contributed by atoms with Crippen molar-refractivity contribution >= 4 is 12.7 Å². The highest BCUT2D eigenvalue weighted by Gasteiger charge is 2.52. The van der Waals surface area contributed by atoms with E-state index in [1.165, 1.54) is 5.56 Å². The van der Waals surface area contributed by atoms with Gasteiger partial charge >= 0.3 is 7.12 Å². The fraction of sp³-hybridized carbons (Fsp3) is 0.438. The maximum Gasteiger partial charge on any atom is 0.516 e. The zero-order chi connectivity index (χ0) is 15.3. The minimum Gasteiger partial charge on any atom is -0.398 e. The van der Waals surface area contributed by atoms with E-state index in [-0.39, 0.29) is 11.2 Å². The van der Waals surface area contributed by atoms with Crippen LogP contribution in [0.4, 0.5) is 0 Å². The van der Waals surface area contributed by atoms with Gasteiger partial charge < -0.3 is 9.31 Å². The summed E-state index contributed by atoms with van der Waals surface area (Å²) in [6, 6.07) is 10.2. The van der Waals surface area contributed by atoms with Crippen LogP contribution in [0.25, 0.3) is 5.69 Å². The molecule has 1 aliphatic heterocycles. The zero-order valence-electron chi connectivity index (χ0n) is 13.3. The van der Waals surface area contributed by atoms with Crippen LogP contribution in [0.15, 0.2) is 36.5 Å². The fourth-order valence-electron chi connectivity index (χ4n) is 2.27. The summed E-state index contributed by atoms with van der Waals surface area (Å²) in [5, 5.41) is 4.59. The summed E-state index contributed by atoms with van der Waals surface area (Å²) in [4.78, 5) is 0. The first kappa shape index (κ1) is 14.4. The monoisotopic (exact) mass is 284 g/mol. The summed E-state index contributed by atoms with van der Waals surface area (Å²) >= 11 is 0. The molecular weight excluding hydrogens is 263 g/mol. The molecule has 0 radical (unpaired) electrons. The Labute approximate surface area is 126 Å². The van der Waals surface area contributed by atoms with E-state index < -0.39 is 7.12 Å². The lowest BCUT2D eigenvalue weighted by Crippen LogP contribution is -2.41. The molecule has 0 amide bonds. The smallest absolute Gasteiger partial charge is 0.398 e. The van der Waals surface area contributed by atoms with Crippen LogP contribution < -0.4 is 5.59 Å². The summed E-state index contributed by atoms with van der Waals surface area (Å²) in [7, 11) is -0.415.